The molecule has 0 fully saturated rings. The molecule has 0 aliphatic carbocycles. The van der Waals surface area contributed by atoms with E-state index in [1.165, 1.54) is 29.7 Å². The van der Waals surface area contributed by atoms with Crippen LogP contribution in [0.5, 0.6) is 0 Å². The van der Waals surface area contributed by atoms with Crippen molar-refractivity contribution in [2.75, 3.05) is 4.90 Å². The fourth-order valence-electron chi connectivity index (χ4n) is 2.64. The predicted octanol–water partition coefficient (Wildman–Crippen LogP) is 2.22. The summed E-state index contributed by atoms with van der Waals surface area (Å²) in [7, 11) is 0. The Labute approximate surface area is 143 Å². The molecule has 6 heteroatoms. The van der Waals surface area contributed by atoms with E-state index in [0.29, 0.717) is 11.3 Å². The molecule has 24 heavy (non-hydrogen) atoms. The van der Waals surface area contributed by atoms with Crippen LogP contribution in [0.3, 0.4) is 0 Å². The molecule has 1 heterocycles. The first kappa shape index (κ1) is 16.5. The molecule has 4 nitrogen and oxygen atoms in total. The van der Waals surface area contributed by atoms with E-state index in [-0.39, 0.29) is 12.5 Å². The number of carbonyl (C=O) groups is 2. The normalized spacial score (nSPS) is 18.2. The maximum absolute atomic E-state index is 14.0. The summed E-state index contributed by atoms with van der Waals surface area (Å²) in [5, 5.41) is 10.4. The summed E-state index contributed by atoms with van der Waals surface area (Å²) in [5.41, 5.74) is 1.05. The summed E-state index contributed by atoms with van der Waals surface area (Å²) >= 11 is 1.21. The van der Waals surface area contributed by atoms with Crippen LogP contribution in [0.25, 0.3) is 0 Å². The maximum Gasteiger partial charge on any atom is 0.241 e. The Bertz CT molecular complexity index is 795. The molecule has 2 aromatic carbocycles. The molecule has 0 bridgehead atoms. The van der Waals surface area contributed by atoms with Gasteiger partial charge in [0.2, 0.25) is 5.91 Å². The van der Waals surface area contributed by atoms with Gasteiger partial charge < -0.3 is 14.8 Å². The third kappa shape index (κ3) is 3.01. The van der Waals surface area contributed by atoms with Crippen LogP contribution in [0.4, 0.5) is 10.1 Å². The molecule has 0 aromatic heterocycles. The number of para-hydroxylation sites is 1. The Kier molecular flexibility index (Phi) is 4.57. The largest absolute Gasteiger partial charge is 0.550 e. The number of benzene rings is 2. The summed E-state index contributed by atoms with van der Waals surface area (Å²) in [4.78, 5) is 26.3. The second-order valence-electron chi connectivity index (χ2n) is 5.63. The van der Waals surface area contributed by atoms with Crippen molar-refractivity contribution in [1.29, 1.82) is 0 Å². The first-order chi connectivity index (χ1) is 11.5. The minimum absolute atomic E-state index is 0.0549. The van der Waals surface area contributed by atoms with Gasteiger partial charge in [0.25, 0.3) is 0 Å². The Morgan fingerprint density at radius 2 is 1.92 bits per heavy atom. The average Bonchev–Trinajstić information content (AvgIpc) is 2.58. The van der Waals surface area contributed by atoms with E-state index in [4.69, 9.17) is 0 Å². The molecule has 2 unspecified atom stereocenters. The number of thioether (sulfide) groups is 1. The minimum atomic E-state index is -1.27. The lowest BCUT2D eigenvalue weighted by Crippen LogP contribution is -2.47. The molecule has 1 aliphatic heterocycles. The van der Waals surface area contributed by atoms with Gasteiger partial charge in [0.05, 0.1) is 17.5 Å². The second-order valence-corrected chi connectivity index (χ2v) is 6.81. The number of carboxylic acid groups (broad SMARTS) is 1. The quantitative estimate of drug-likeness (QED) is 0.853. The number of anilines is 1. The van der Waals surface area contributed by atoms with Crippen molar-refractivity contribution >= 4 is 29.3 Å². The van der Waals surface area contributed by atoms with Crippen LogP contribution in [-0.4, -0.2) is 17.1 Å². The number of rotatable bonds is 4. The number of halogens is 1. The van der Waals surface area contributed by atoms with Gasteiger partial charge in [-0.25, -0.2) is 4.39 Å². The number of fused-ring (bicyclic) bond motifs is 1. The first-order valence-electron chi connectivity index (χ1n) is 7.50. The Hall–Kier alpha value is -2.34. The van der Waals surface area contributed by atoms with Crippen LogP contribution in [0, 0.1) is 11.7 Å². The van der Waals surface area contributed by atoms with Gasteiger partial charge in [0.15, 0.2) is 0 Å². The number of amides is 1. The molecule has 2 atom stereocenters. The Morgan fingerprint density at radius 3 is 2.62 bits per heavy atom. The van der Waals surface area contributed by atoms with Gasteiger partial charge >= 0.3 is 0 Å². The maximum atomic E-state index is 14.0. The molecule has 0 spiro atoms. The van der Waals surface area contributed by atoms with Crippen LogP contribution in [0.2, 0.25) is 0 Å². The van der Waals surface area contributed by atoms with Crippen molar-refractivity contribution in [1.82, 2.24) is 0 Å². The van der Waals surface area contributed by atoms with Crippen molar-refractivity contribution < 1.29 is 19.1 Å². The van der Waals surface area contributed by atoms with E-state index < -0.39 is 23.0 Å². The first-order valence-corrected chi connectivity index (χ1v) is 8.38. The average molecular weight is 344 g/mol. The molecular formula is C18H15FNO3S-. The van der Waals surface area contributed by atoms with E-state index in [1.807, 2.05) is 12.1 Å². The second kappa shape index (κ2) is 6.65. The van der Waals surface area contributed by atoms with E-state index in [9.17, 15) is 19.1 Å². The van der Waals surface area contributed by atoms with E-state index in [1.54, 1.807) is 30.3 Å². The van der Waals surface area contributed by atoms with Gasteiger partial charge in [-0.1, -0.05) is 37.3 Å². The van der Waals surface area contributed by atoms with Crippen LogP contribution in [0.15, 0.2) is 53.4 Å². The third-order valence-corrected chi connectivity index (χ3v) is 5.49. The lowest BCUT2D eigenvalue weighted by molar-refractivity contribution is -0.310. The van der Waals surface area contributed by atoms with Gasteiger partial charge in [-0.15, -0.1) is 11.8 Å². The van der Waals surface area contributed by atoms with Crippen LogP contribution in [-0.2, 0) is 16.1 Å². The fourth-order valence-corrected chi connectivity index (χ4v) is 3.91. The summed E-state index contributed by atoms with van der Waals surface area (Å²) in [6, 6.07) is 13.5. The highest BCUT2D eigenvalue weighted by atomic mass is 32.2. The van der Waals surface area contributed by atoms with E-state index >= 15 is 0 Å². The molecule has 2 aromatic rings. The molecule has 1 amide bonds. The van der Waals surface area contributed by atoms with E-state index in [2.05, 4.69) is 0 Å². The lowest BCUT2D eigenvalue weighted by Gasteiger charge is -2.36. The standard InChI is InChI=1S/C18H16FNO3S/c1-11(18(22)23)16-17(21)20(10-12-6-2-3-7-13(12)19)14-8-4-5-9-15(14)24-16/h2-9,11,16H,10H2,1H3,(H,22,23)/p-1. The van der Waals surface area contributed by atoms with Gasteiger partial charge in [-0.05, 0) is 18.2 Å². The molecule has 0 saturated heterocycles. The third-order valence-electron chi connectivity index (χ3n) is 4.03. The molecule has 0 saturated carbocycles. The molecule has 124 valence electrons. The molecule has 1 aliphatic rings. The van der Waals surface area contributed by atoms with Crippen LogP contribution < -0.4 is 10.0 Å². The number of carbonyl (C=O) groups excluding carboxylic acids is 2. The van der Waals surface area contributed by atoms with Gasteiger partial charge in [-0.3, -0.25) is 4.79 Å². The van der Waals surface area contributed by atoms with E-state index in [0.717, 1.165) is 4.90 Å². The van der Waals surface area contributed by atoms with Crippen molar-refractivity contribution in [3.05, 3.63) is 59.9 Å². The highest BCUT2D eigenvalue weighted by Gasteiger charge is 2.37. The van der Waals surface area contributed by atoms with Crippen molar-refractivity contribution in [3.8, 4) is 0 Å². The smallest absolute Gasteiger partial charge is 0.241 e. The van der Waals surface area contributed by atoms with Crippen molar-refractivity contribution in [2.45, 2.75) is 23.6 Å². The topological polar surface area (TPSA) is 60.4 Å². The molecule has 0 radical (unpaired) electrons. The summed E-state index contributed by atoms with van der Waals surface area (Å²) in [5.74, 6) is -2.96. The zero-order valence-electron chi connectivity index (χ0n) is 12.9. The van der Waals surface area contributed by atoms with Gasteiger partial charge in [-0.2, -0.15) is 0 Å². The zero-order chi connectivity index (χ0) is 17.3. The van der Waals surface area contributed by atoms with Crippen molar-refractivity contribution in [2.24, 2.45) is 5.92 Å². The number of nitrogens with zero attached hydrogens (tertiary/aromatic N) is 1. The number of hydrogen-bond acceptors (Lipinski definition) is 4. The zero-order valence-corrected chi connectivity index (χ0v) is 13.8. The highest BCUT2D eigenvalue weighted by Crippen LogP contribution is 2.42. The highest BCUT2D eigenvalue weighted by molar-refractivity contribution is 8.01. The molecule has 3 rings (SSSR count). The lowest BCUT2D eigenvalue weighted by atomic mass is 10.1. The monoisotopic (exact) mass is 344 g/mol. The predicted molar refractivity (Wildman–Crippen MR) is 87.8 cm³/mol. The Morgan fingerprint density at radius 1 is 1.25 bits per heavy atom. The summed E-state index contributed by atoms with van der Waals surface area (Å²) in [6.45, 7) is 1.51. The SMILES string of the molecule is CC(C(=O)[O-])C1Sc2ccccc2N(Cc2ccccc2F)C1=O. The number of carboxylic acids is 1. The molecule has 0 N–H and O–H groups in total. The Balaban J connectivity index is 2.01. The number of aliphatic carboxylic acids is 1. The van der Waals surface area contributed by atoms with Gasteiger partial charge in [0, 0.05) is 22.3 Å². The van der Waals surface area contributed by atoms with Crippen LogP contribution in [0.1, 0.15) is 12.5 Å². The van der Waals surface area contributed by atoms with Gasteiger partial charge in [0.1, 0.15) is 5.82 Å². The molecular weight excluding hydrogens is 329 g/mol. The summed E-state index contributed by atoms with van der Waals surface area (Å²) < 4.78 is 14.0. The van der Waals surface area contributed by atoms with Crippen molar-refractivity contribution in [3.63, 3.8) is 0 Å². The fraction of sp³-hybridized carbons (Fsp3) is 0.222. The van der Waals surface area contributed by atoms with Crippen LogP contribution >= 0.6 is 11.8 Å². The number of hydrogen-bond donors (Lipinski definition) is 0. The summed E-state index contributed by atoms with van der Waals surface area (Å²) in [6.07, 6.45) is 0. The minimum Gasteiger partial charge on any atom is -0.550 e.